The molecule has 0 aliphatic carbocycles. The van der Waals surface area contributed by atoms with Crippen molar-refractivity contribution in [2.24, 2.45) is 0 Å². The highest BCUT2D eigenvalue weighted by Crippen LogP contribution is 2.07. The first kappa shape index (κ1) is 6.73. The molecule has 1 rings (SSSR count). The molecular formula is C5H6FN3O. The normalized spacial score (nSPS) is 9.40. The van der Waals surface area contributed by atoms with Crippen LogP contribution >= 0.6 is 0 Å². The van der Waals surface area contributed by atoms with E-state index in [2.05, 4.69) is 14.7 Å². The standard InChI is InChI=1S/C5H6FN3O/c1-10-5-8-2-3(6)4(7)9-5/h2H,1H3,(H2,7,8,9). The zero-order chi connectivity index (χ0) is 7.56. The molecule has 0 aromatic carbocycles. The summed E-state index contributed by atoms with van der Waals surface area (Å²) in [4.78, 5) is 6.93. The fraction of sp³-hybridized carbons (Fsp3) is 0.200. The molecule has 54 valence electrons. The van der Waals surface area contributed by atoms with Gasteiger partial charge < -0.3 is 10.5 Å². The van der Waals surface area contributed by atoms with E-state index in [0.717, 1.165) is 6.20 Å². The zero-order valence-electron chi connectivity index (χ0n) is 5.34. The summed E-state index contributed by atoms with van der Waals surface area (Å²) >= 11 is 0. The van der Waals surface area contributed by atoms with E-state index >= 15 is 0 Å². The predicted octanol–water partition coefficient (Wildman–Crippen LogP) is 0.207. The summed E-state index contributed by atoms with van der Waals surface area (Å²) in [5.41, 5.74) is 5.09. The van der Waals surface area contributed by atoms with E-state index in [1.54, 1.807) is 0 Å². The summed E-state index contributed by atoms with van der Waals surface area (Å²) in [5, 5.41) is 0. The third kappa shape index (κ3) is 1.12. The van der Waals surface area contributed by atoms with Crippen molar-refractivity contribution in [3.8, 4) is 6.01 Å². The molecule has 0 saturated heterocycles. The Bertz CT molecular complexity index is 240. The Morgan fingerprint density at radius 2 is 2.40 bits per heavy atom. The lowest BCUT2D eigenvalue weighted by Crippen LogP contribution is -1.99. The minimum atomic E-state index is -0.638. The lowest BCUT2D eigenvalue weighted by molar-refractivity contribution is 0.378. The lowest BCUT2D eigenvalue weighted by atomic mass is 10.6. The van der Waals surface area contributed by atoms with E-state index in [4.69, 9.17) is 5.73 Å². The Labute approximate surface area is 56.9 Å². The van der Waals surface area contributed by atoms with Crippen LogP contribution < -0.4 is 10.5 Å². The van der Waals surface area contributed by atoms with Crippen LogP contribution in [0.4, 0.5) is 10.2 Å². The van der Waals surface area contributed by atoms with Crippen LogP contribution in [-0.2, 0) is 0 Å². The van der Waals surface area contributed by atoms with Gasteiger partial charge >= 0.3 is 6.01 Å². The maximum atomic E-state index is 12.3. The van der Waals surface area contributed by atoms with Crippen molar-refractivity contribution in [3.63, 3.8) is 0 Å². The third-order valence-corrected chi connectivity index (χ3v) is 0.932. The molecule has 1 aromatic rings. The van der Waals surface area contributed by atoms with E-state index in [1.807, 2.05) is 0 Å². The van der Waals surface area contributed by atoms with Crippen molar-refractivity contribution in [3.05, 3.63) is 12.0 Å². The number of nitrogens with two attached hydrogens (primary N) is 1. The molecule has 5 heteroatoms. The summed E-state index contributed by atoms with van der Waals surface area (Å²) in [6, 6.07) is 0.0684. The average Bonchev–Trinajstić information content (AvgIpc) is 1.95. The molecule has 0 saturated carbocycles. The Hall–Kier alpha value is -1.39. The van der Waals surface area contributed by atoms with E-state index in [9.17, 15) is 4.39 Å². The van der Waals surface area contributed by atoms with E-state index in [1.165, 1.54) is 7.11 Å². The van der Waals surface area contributed by atoms with E-state index in [-0.39, 0.29) is 11.8 Å². The number of halogens is 1. The minimum absolute atomic E-state index is 0.0684. The highest BCUT2D eigenvalue weighted by atomic mass is 19.1. The van der Waals surface area contributed by atoms with Gasteiger partial charge in [-0.25, -0.2) is 9.37 Å². The van der Waals surface area contributed by atoms with Crippen molar-refractivity contribution in [1.82, 2.24) is 9.97 Å². The monoisotopic (exact) mass is 143 g/mol. The van der Waals surface area contributed by atoms with Gasteiger partial charge in [0.25, 0.3) is 0 Å². The number of rotatable bonds is 1. The molecular weight excluding hydrogens is 137 g/mol. The fourth-order valence-electron chi connectivity index (χ4n) is 0.462. The van der Waals surface area contributed by atoms with Gasteiger partial charge in [-0.3, -0.25) is 0 Å². The molecule has 0 atom stereocenters. The second kappa shape index (κ2) is 2.47. The summed E-state index contributed by atoms with van der Waals surface area (Å²) in [7, 11) is 1.38. The molecule has 0 fully saturated rings. The van der Waals surface area contributed by atoms with Gasteiger partial charge in [-0.15, -0.1) is 0 Å². The molecule has 0 aliphatic rings. The van der Waals surface area contributed by atoms with Crippen LogP contribution in [0.2, 0.25) is 0 Å². The van der Waals surface area contributed by atoms with Crippen LogP contribution in [0.15, 0.2) is 6.20 Å². The first-order chi connectivity index (χ1) is 4.74. The van der Waals surface area contributed by atoms with Gasteiger partial charge in [0.2, 0.25) is 0 Å². The van der Waals surface area contributed by atoms with Gasteiger partial charge in [-0.1, -0.05) is 0 Å². The molecule has 0 aliphatic heterocycles. The van der Waals surface area contributed by atoms with Crippen molar-refractivity contribution in [2.75, 3.05) is 12.8 Å². The van der Waals surface area contributed by atoms with E-state index < -0.39 is 5.82 Å². The van der Waals surface area contributed by atoms with Crippen LogP contribution in [0.1, 0.15) is 0 Å². The van der Waals surface area contributed by atoms with Crippen molar-refractivity contribution < 1.29 is 9.13 Å². The molecule has 10 heavy (non-hydrogen) atoms. The van der Waals surface area contributed by atoms with Crippen LogP contribution in [0.3, 0.4) is 0 Å². The number of hydrogen-bond donors (Lipinski definition) is 1. The first-order valence-electron chi connectivity index (χ1n) is 2.56. The van der Waals surface area contributed by atoms with Gasteiger partial charge in [-0.05, 0) is 0 Å². The molecule has 1 heterocycles. The Balaban J connectivity index is 3.04. The molecule has 0 unspecified atom stereocenters. The average molecular weight is 143 g/mol. The van der Waals surface area contributed by atoms with Crippen LogP contribution in [0.25, 0.3) is 0 Å². The van der Waals surface area contributed by atoms with Crippen molar-refractivity contribution >= 4 is 5.82 Å². The minimum Gasteiger partial charge on any atom is -0.467 e. The van der Waals surface area contributed by atoms with Crippen molar-refractivity contribution in [2.45, 2.75) is 0 Å². The maximum Gasteiger partial charge on any atom is 0.318 e. The highest BCUT2D eigenvalue weighted by Gasteiger charge is 2.00. The topological polar surface area (TPSA) is 61.0 Å². The molecule has 0 radical (unpaired) electrons. The lowest BCUT2D eigenvalue weighted by Gasteiger charge is -1.97. The summed E-state index contributed by atoms with van der Waals surface area (Å²) in [6.07, 6.45) is 0.959. The second-order valence-electron chi connectivity index (χ2n) is 1.59. The van der Waals surface area contributed by atoms with Gasteiger partial charge in [-0.2, -0.15) is 4.98 Å². The quantitative estimate of drug-likeness (QED) is 0.610. The molecule has 0 spiro atoms. The summed E-state index contributed by atoms with van der Waals surface area (Å²) < 4.78 is 16.9. The molecule has 4 nitrogen and oxygen atoms in total. The van der Waals surface area contributed by atoms with E-state index in [0.29, 0.717) is 0 Å². The van der Waals surface area contributed by atoms with Gasteiger partial charge in [0.05, 0.1) is 13.3 Å². The largest absolute Gasteiger partial charge is 0.467 e. The van der Waals surface area contributed by atoms with Crippen LogP contribution in [0.5, 0.6) is 6.01 Å². The van der Waals surface area contributed by atoms with Crippen LogP contribution in [-0.4, -0.2) is 17.1 Å². The first-order valence-corrected chi connectivity index (χ1v) is 2.56. The van der Waals surface area contributed by atoms with Gasteiger partial charge in [0.1, 0.15) is 0 Å². The summed E-state index contributed by atoms with van der Waals surface area (Å²) in [6.45, 7) is 0. The SMILES string of the molecule is COc1ncc(F)c(N)n1. The number of anilines is 1. The van der Waals surface area contributed by atoms with Gasteiger partial charge in [0.15, 0.2) is 11.6 Å². The number of ether oxygens (including phenoxy) is 1. The zero-order valence-corrected chi connectivity index (χ0v) is 5.34. The molecule has 0 bridgehead atoms. The Morgan fingerprint density at radius 3 is 2.90 bits per heavy atom. The van der Waals surface area contributed by atoms with Crippen molar-refractivity contribution in [1.29, 1.82) is 0 Å². The van der Waals surface area contributed by atoms with Gasteiger partial charge in [0, 0.05) is 0 Å². The van der Waals surface area contributed by atoms with Crippen LogP contribution in [0, 0.1) is 5.82 Å². The predicted molar refractivity (Wildman–Crippen MR) is 33.0 cm³/mol. The summed E-state index contributed by atoms with van der Waals surface area (Å²) in [5.74, 6) is -0.840. The molecule has 2 N–H and O–H groups in total. The maximum absolute atomic E-state index is 12.3. The smallest absolute Gasteiger partial charge is 0.318 e. The highest BCUT2D eigenvalue weighted by molar-refractivity contribution is 5.28. The molecule has 1 aromatic heterocycles. The fourth-order valence-corrected chi connectivity index (χ4v) is 0.462. The number of aromatic nitrogens is 2. The Morgan fingerprint density at radius 1 is 1.70 bits per heavy atom. The third-order valence-electron chi connectivity index (χ3n) is 0.932. The number of hydrogen-bond acceptors (Lipinski definition) is 4. The number of nitrogen functional groups attached to an aromatic ring is 1. The number of nitrogens with zero attached hydrogens (tertiary/aromatic N) is 2. The Kier molecular flexibility index (Phi) is 1.66. The molecule has 0 amide bonds. The second-order valence-corrected chi connectivity index (χ2v) is 1.59. The number of methoxy groups -OCH3 is 1.